The smallest absolute Gasteiger partial charge is 0.325 e. The molecule has 1 aromatic rings. The van der Waals surface area contributed by atoms with Crippen molar-refractivity contribution < 1.29 is 14.4 Å². The lowest BCUT2D eigenvalue weighted by Gasteiger charge is -2.27. The summed E-state index contributed by atoms with van der Waals surface area (Å²) in [7, 11) is 0. The Kier molecular flexibility index (Phi) is 4.79. The summed E-state index contributed by atoms with van der Waals surface area (Å²) in [5.74, 6) is -0.454. The predicted molar refractivity (Wildman–Crippen MR) is 93.7 cm³/mol. The third kappa shape index (κ3) is 3.01. The van der Waals surface area contributed by atoms with Crippen molar-refractivity contribution >= 4 is 17.8 Å². The normalized spacial score (nSPS) is 22.4. The van der Waals surface area contributed by atoms with Gasteiger partial charge in [-0.25, -0.2) is 4.79 Å². The van der Waals surface area contributed by atoms with Crippen molar-refractivity contribution in [1.29, 1.82) is 0 Å². The number of likely N-dealkylation sites (tertiary alicyclic amines) is 1. The van der Waals surface area contributed by atoms with Gasteiger partial charge in [-0.2, -0.15) is 0 Å². The maximum Gasteiger partial charge on any atom is 0.325 e. The van der Waals surface area contributed by atoms with E-state index in [1.807, 2.05) is 44.2 Å². The molecule has 2 aliphatic heterocycles. The van der Waals surface area contributed by atoms with Crippen LogP contribution < -0.4 is 5.32 Å². The number of carbonyl (C=O) groups excluding carboxylic acids is 3. The average molecular weight is 343 g/mol. The van der Waals surface area contributed by atoms with Gasteiger partial charge < -0.3 is 10.2 Å². The molecule has 2 aliphatic rings. The van der Waals surface area contributed by atoms with E-state index < -0.39 is 11.6 Å². The summed E-state index contributed by atoms with van der Waals surface area (Å²) in [6.45, 7) is 4.22. The van der Waals surface area contributed by atoms with Crippen molar-refractivity contribution in [3.05, 3.63) is 35.9 Å². The first-order valence-corrected chi connectivity index (χ1v) is 9.01. The van der Waals surface area contributed by atoms with Crippen LogP contribution in [0.1, 0.15) is 51.1 Å². The van der Waals surface area contributed by atoms with E-state index in [9.17, 15) is 14.4 Å². The molecule has 134 valence electrons. The second-order valence-electron chi connectivity index (χ2n) is 6.77. The largest absolute Gasteiger partial charge is 0.334 e. The molecule has 0 spiro atoms. The van der Waals surface area contributed by atoms with Crippen LogP contribution in [0.3, 0.4) is 0 Å². The van der Waals surface area contributed by atoms with Crippen molar-refractivity contribution in [3.63, 3.8) is 0 Å². The third-order valence-corrected chi connectivity index (χ3v) is 5.50. The van der Waals surface area contributed by atoms with Crippen LogP contribution in [-0.4, -0.2) is 46.3 Å². The number of nitrogens with zero attached hydrogens (tertiary/aromatic N) is 2. The molecule has 6 nitrogen and oxygen atoms in total. The SMILES string of the molecule is CCC1(CC)NC(=O)N(CC(=O)N2CCC[C@H]2c2ccccc2)C1=O. The van der Waals surface area contributed by atoms with E-state index in [2.05, 4.69) is 5.32 Å². The van der Waals surface area contributed by atoms with Crippen LogP contribution in [0.2, 0.25) is 0 Å². The van der Waals surface area contributed by atoms with Gasteiger partial charge in [0, 0.05) is 6.54 Å². The van der Waals surface area contributed by atoms with Gasteiger partial charge in [0.15, 0.2) is 0 Å². The molecule has 0 bridgehead atoms. The molecular weight excluding hydrogens is 318 g/mol. The molecule has 4 amide bonds. The maximum absolute atomic E-state index is 12.8. The number of rotatable bonds is 5. The number of benzene rings is 1. The summed E-state index contributed by atoms with van der Waals surface area (Å²) < 4.78 is 0. The van der Waals surface area contributed by atoms with E-state index in [1.54, 1.807) is 4.90 Å². The fourth-order valence-corrected chi connectivity index (χ4v) is 3.86. The number of imide groups is 1. The monoisotopic (exact) mass is 343 g/mol. The summed E-state index contributed by atoms with van der Waals surface area (Å²) in [5, 5.41) is 2.77. The zero-order valence-electron chi connectivity index (χ0n) is 14.8. The molecular formula is C19H25N3O3. The lowest BCUT2D eigenvalue weighted by molar-refractivity contribution is -0.139. The fraction of sp³-hybridized carbons (Fsp3) is 0.526. The summed E-state index contributed by atoms with van der Waals surface area (Å²) in [6.07, 6.45) is 2.88. The molecule has 1 aromatic carbocycles. The summed E-state index contributed by atoms with van der Waals surface area (Å²) in [6, 6.07) is 9.48. The molecule has 2 heterocycles. The van der Waals surface area contributed by atoms with Gasteiger partial charge in [0.25, 0.3) is 5.91 Å². The van der Waals surface area contributed by atoms with Gasteiger partial charge in [0.2, 0.25) is 5.91 Å². The molecule has 0 unspecified atom stereocenters. The highest BCUT2D eigenvalue weighted by Crippen LogP contribution is 2.32. The second-order valence-corrected chi connectivity index (χ2v) is 6.77. The molecule has 0 radical (unpaired) electrons. The van der Waals surface area contributed by atoms with Gasteiger partial charge in [-0.05, 0) is 31.2 Å². The minimum absolute atomic E-state index is 0.0246. The highest BCUT2D eigenvalue weighted by atomic mass is 16.2. The van der Waals surface area contributed by atoms with Crippen LogP contribution in [0.5, 0.6) is 0 Å². The van der Waals surface area contributed by atoms with Crippen molar-refractivity contribution in [2.45, 2.75) is 51.1 Å². The van der Waals surface area contributed by atoms with Crippen LogP contribution in [0, 0.1) is 0 Å². The fourth-order valence-electron chi connectivity index (χ4n) is 3.86. The minimum Gasteiger partial charge on any atom is -0.334 e. The topological polar surface area (TPSA) is 69.7 Å². The van der Waals surface area contributed by atoms with Gasteiger partial charge in [0.05, 0.1) is 6.04 Å². The molecule has 1 atom stereocenters. The second kappa shape index (κ2) is 6.86. The molecule has 0 aliphatic carbocycles. The van der Waals surface area contributed by atoms with E-state index in [0.717, 1.165) is 23.3 Å². The number of nitrogens with one attached hydrogen (secondary N) is 1. The van der Waals surface area contributed by atoms with Crippen molar-refractivity contribution in [2.75, 3.05) is 13.1 Å². The van der Waals surface area contributed by atoms with Crippen LogP contribution in [0.25, 0.3) is 0 Å². The zero-order chi connectivity index (χ0) is 18.0. The van der Waals surface area contributed by atoms with Crippen molar-refractivity contribution in [2.24, 2.45) is 0 Å². The Balaban J connectivity index is 1.74. The standard InChI is InChI=1S/C19H25N3O3/c1-3-19(4-2)17(24)22(18(25)20-19)13-16(23)21-12-8-11-15(21)14-9-6-5-7-10-14/h5-7,9-10,15H,3-4,8,11-13H2,1-2H3,(H,20,25)/t15-/m0/s1. The number of carbonyl (C=O) groups is 3. The lowest BCUT2D eigenvalue weighted by atomic mass is 9.93. The third-order valence-electron chi connectivity index (χ3n) is 5.50. The average Bonchev–Trinajstić information content (AvgIpc) is 3.21. The molecule has 25 heavy (non-hydrogen) atoms. The molecule has 0 aromatic heterocycles. The van der Waals surface area contributed by atoms with Gasteiger partial charge >= 0.3 is 6.03 Å². The Hall–Kier alpha value is -2.37. The van der Waals surface area contributed by atoms with E-state index in [4.69, 9.17) is 0 Å². The molecule has 1 N–H and O–H groups in total. The Morgan fingerprint density at radius 2 is 1.88 bits per heavy atom. The highest BCUT2D eigenvalue weighted by Gasteiger charge is 2.49. The molecule has 2 fully saturated rings. The Morgan fingerprint density at radius 1 is 1.20 bits per heavy atom. The Morgan fingerprint density at radius 3 is 2.48 bits per heavy atom. The highest BCUT2D eigenvalue weighted by molar-refractivity contribution is 6.09. The quantitative estimate of drug-likeness (QED) is 0.835. The van der Waals surface area contributed by atoms with Gasteiger partial charge in [-0.15, -0.1) is 0 Å². The summed E-state index contributed by atoms with van der Waals surface area (Å²) in [5.41, 5.74) is 0.239. The molecule has 2 saturated heterocycles. The van der Waals surface area contributed by atoms with Crippen molar-refractivity contribution in [1.82, 2.24) is 15.1 Å². The van der Waals surface area contributed by atoms with Crippen molar-refractivity contribution in [3.8, 4) is 0 Å². The summed E-state index contributed by atoms with van der Waals surface area (Å²) in [4.78, 5) is 40.6. The first-order valence-electron chi connectivity index (χ1n) is 9.01. The van der Waals surface area contributed by atoms with E-state index >= 15 is 0 Å². The van der Waals surface area contributed by atoms with E-state index in [0.29, 0.717) is 19.4 Å². The molecule has 0 saturated carbocycles. The Bertz CT molecular complexity index is 670. The first-order chi connectivity index (χ1) is 12.0. The van der Waals surface area contributed by atoms with E-state index in [1.165, 1.54) is 0 Å². The van der Waals surface area contributed by atoms with Gasteiger partial charge in [-0.1, -0.05) is 44.2 Å². The number of hydrogen-bond acceptors (Lipinski definition) is 3. The van der Waals surface area contributed by atoms with Gasteiger partial charge in [-0.3, -0.25) is 14.5 Å². The molecule has 6 heteroatoms. The minimum atomic E-state index is -0.860. The Labute approximate surface area is 148 Å². The van der Waals surface area contributed by atoms with Crippen LogP contribution >= 0.6 is 0 Å². The van der Waals surface area contributed by atoms with Crippen LogP contribution in [-0.2, 0) is 9.59 Å². The van der Waals surface area contributed by atoms with Crippen LogP contribution in [0.4, 0.5) is 4.79 Å². The number of hydrogen-bond donors (Lipinski definition) is 1. The number of amides is 4. The first kappa shape index (κ1) is 17.5. The summed E-state index contributed by atoms with van der Waals surface area (Å²) >= 11 is 0. The maximum atomic E-state index is 12.8. The lowest BCUT2D eigenvalue weighted by Crippen LogP contribution is -2.47. The van der Waals surface area contributed by atoms with E-state index in [-0.39, 0.29) is 24.4 Å². The van der Waals surface area contributed by atoms with Crippen LogP contribution in [0.15, 0.2) is 30.3 Å². The number of urea groups is 1. The zero-order valence-corrected chi connectivity index (χ0v) is 14.8. The molecule has 3 rings (SSSR count). The van der Waals surface area contributed by atoms with Gasteiger partial charge in [0.1, 0.15) is 12.1 Å². The predicted octanol–water partition coefficient (Wildman–Crippen LogP) is 2.46.